The molecule has 116 valence electrons. The number of anilines is 3. The average Bonchev–Trinajstić information content (AvgIpc) is 3.00. The molecule has 0 amide bonds. The van der Waals surface area contributed by atoms with Crippen LogP contribution < -0.4 is 11.1 Å². The largest absolute Gasteiger partial charge is 0.383 e. The van der Waals surface area contributed by atoms with E-state index < -0.39 is 5.82 Å². The molecule has 0 unspecified atom stereocenters. The second kappa shape index (κ2) is 5.25. The molecular formula is C18H12FN5. The summed E-state index contributed by atoms with van der Waals surface area (Å²) in [7, 11) is 0. The lowest BCUT2D eigenvalue weighted by Crippen LogP contribution is -2.03. The van der Waals surface area contributed by atoms with Crippen molar-refractivity contribution in [1.82, 2.24) is 9.61 Å². The Labute approximate surface area is 136 Å². The van der Waals surface area contributed by atoms with Crippen molar-refractivity contribution in [2.75, 3.05) is 11.1 Å². The van der Waals surface area contributed by atoms with Gasteiger partial charge < -0.3 is 11.1 Å². The molecule has 24 heavy (non-hydrogen) atoms. The van der Waals surface area contributed by atoms with Gasteiger partial charge in [-0.1, -0.05) is 18.2 Å². The molecule has 0 fully saturated rings. The molecular weight excluding hydrogens is 305 g/mol. The molecule has 3 N–H and O–H groups in total. The highest BCUT2D eigenvalue weighted by molar-refractivity contribution is 6.02. The van der Waals surface area contributed by atoms with Crippen LogP contribution in [-0.2, 0) is 0 Å². The van der Waals surface area contributed by atoms with E-state index in [1.807, 2.05) is 42.5 Å². The molecule has 0 aliphatic heterocycles. The van der Waals surface area contributed by atoms with Gasteiger partial charge in [0.05, 0.1) is 5.52 Å². The number of aromatic nitrogens is 2. The molecule has 5 nitrogen and oxygen atoms in total. The van der Waals surface area contributed by atoms with E-state index in [1.165, 1.54) is 16.6 Å². The van der Waals surface area contributed by atoms with Gasteiger partial charge in [0.1, 0.15) is 23.3 Å². The fraction of sp³-hybridized carbons (Fsp3) is 0. The van der Waals surface area contributed by atoms with Crippen molar-refractivity contribution in [2.45, 2.75) is 0 Å². The van der Waals surface area contributed by atoms with Gasteiger partial charge in [-0.25, -0.2) is 8.91 Å². The number of hydrogen-bond acceptors (Lipinski definition) is 4. The molecule has 0 saturated heterocycles. The third kappa shape index (κ3) is 2.11. The first-order valence-electron chi connectivity index (χ1n) is 7.30. The van der Waals surface area contributed by atoms with Gasteiger partial charge in [0.2, 0.25) is 0 Å². The van der Waals surface area contributed by atoms with Crippen molar-refractivity contribution >= 4 is 33.6 Å². The summed E-state index contributed by atoms with van der Waals surface area (Å²) in [6.45, 7) is 0. The van der Waals surface area contributed by atoms with Crippen LogP contribution in [0.2, 0.25) is 0 Å². The summed E-state index contributed by atoms with van der Waals surface area (Å²) >= 11 is 0. The Kier molecular flexibility index (Phi) is 3.07. The fourth-order valence-electron chi connectivity index (χ4n) is 2.80. The second-order valence-corrected chi connectivity index (χ2v) is 5.38. The topological polar surface area (TPSA) is 79.1 Å². The molecule has 6 heteroatoms. The second-order valence-electron chi connectivity index (χ2n) is 5.38. The predicted molar refractivity (Wildman–Crippen MR) is 91.5 cm³/mol. The van der Waals surface area contributed by atoms with Crippen LogP contribution in [0.4, 0.5) is 21.7 Å². The van der Waals surface area contributed by atoms with Gasteiger partial charge in [-0.15, -0.1) is 5.10 Å². The Balaban J connectivity index is 1.98. The number of nitrogen functional groups attached to an aromatic ring is 1. The summed E-state index contributed by atoms with van der Waals surface area (Å²) in [5.41, 5.74) is 7.89. The number of nitrogens with zero attached hydrogens (tertiary/aromatic N) is 3. The summed E-state index contributed by atoms with van der Waals surface area (Å²) in [6.07, 6.45) is 0. The van der Waals surface area contributed by atoms with Crippen LogP contribution in [0.5, 0.6) is 0 Å². The van der Waals surface area contributed by atoms with Gasteiger partial charge in [0, 0.05) is 22.5 Å². The van der Waals surface area contributed by atoms with E-state index >= 15 is 0 Å². The fourth-order valence-corrected chi connectivity index (χ4v) is 2.80. The smallest absolute Gasteiger partial charge is 0.153 e. The van der Waals surface area contributed by atoms with Crippen molar-refractivity contribution in [3.05, 3.63) is 66.0 Å². The number of hydrogen-bond donors (Lipinski definition) is 2. The number of pyridine rings is 1. The maximum atomic E-state index is 13.6. The molecule has 2 aromatic carbocycles. The Morgan fingerprint density at radius 2 is 1.88 bits per heavy atom. The van der Waals surface area contributed by atoms with E-state index in [2.05, 4.69) is 10.4 Å². The van der Waals surface area contributed by atoms with E-state index in [1.54, 1.807) is 6.07 Å². The van der Waals surface area contributed by atoms with Crippen LogP contribution in [0.3, 0.4) is 0 Å². The molecule has 0 saturated carbocycles. The highest BCUT2D eigenvalue weighted by atomic mass is 19.1. The van der Waals surface area contributed by atoms with Crippen molar-refractivity contribution in [3.63, 3.8) is 0 Å². The van der Waals surface area contributed by atoms with Crippen LogP contribution in [-0.4, -0.2) is 9.61 Å². The molecule has 0 aliphatic rings. The highest BCUT2D eigenvalue weighted by Gasteiger charge is 2.15. The zero-order valence-electron chi connectivity index (χ0n) is 12.5. The van der Waals surface area contributed by atoms with Crippen molar-refractivity contribution in [2.24, 2.45) is 0 Å². The van der Waals surface area contributed by atoms with Crippen LogP contribution in [0, 0.1) is 17.1 Å². The molecule has 0 aliphatic carbocycles. The van der Waals surface area contributed by atoms with E-state index in [9.17, 15) is 9.65 Å². The van der Waals surface area contributed by atoms with E-state index in [-0.39, 0.29) is 11.4 Å². The first-order valence-corrected chi connectivity index (χ1v) is 7.30. The number of nitrogens with two attached hydrogens (primary N) is 1. The molecule has 2 aromatic heterocycles. The van der Waals surface area contributed by atoms with Gasteiger partial charge in [0.25, 0.3) is 0 Å². The number of fused-ring (bicyclic) bond motifs is 3. The number of benzene rings is 2. The molecule has 0 spiro atoms. The summed E-state index contributed by atoms with van der Waals surface area (Å²) in [5, 5.41) is 18.2. The predicted octanol–water partition coefficient (Wildman–Crippen LogP) is 3.82. The maximum Gasteiger partial charge on any atom is 0.153 e. The minimum atomic E-state index is -0.412. The summed E-state index contributed by atoms with van der Waals surface area (Å²) in [5.74, 6) is 0.366. The normalized spacial score (nSPS) is 10.8. The number of nitrogens with one attached hydrogen (secondary N) is 1. The van der Waals surface area contributed by atoms with Crippen molar-refractivity contribution < 1.29 is 4.39 Å². The van der Waals surface area contributed by atoms with Crippen LogP contribution in [0.15, 0.2) is 54.6 Å². The lowest BCUT2D eigenvalue weighted by Gasteiger charge is -2.07. The number of para-hydroxylation sites is 1. The molecule has 2 heterocycles. The van der Waals surface area contributed by atoms with E-state index in [0.29, 0.717) is 16.7 Å². The van der Waals surface area contributed by atoms with Gasteiger partial charge in [-0.05, 0) is 30.3 Å². The monoisotopic (exact) mass is 317 g/mol. The summed E-state index contributed by atoms with van der Waals surface area (Å²) in [4.78, 5) is 0. The maximum absolute atomic E-state index is 13.6. The van der Waals surface area contributed by atoms with Gasteiger partial charge in [-0.3, -0.25) is 0 Å². The van der Waals surface area contributed by atoms with E-state index in [0.717, 1.165) is 11.1 Å². The zero-order valence-corrected chi connectivity index (χ0v) is 12.5. The molecule has 0 atom stereocenters. The van der Waals surface area contributed by atoms with Gasteiger partial charge in [0.15, 0.2) is 5.82 Å². The molecule has 0 bridgehead atoms. The van der Waals surface area contributed by atoms with Gasteiger partial charge in [-0.2, -0.15) is 5.26 Å². The third-order valence-electron chi connectivity index (χ3n) is 3.88. The Hall–Kier alpha value is -3.59. The Morgan fingerprint density at radius 1 is 1.08 bits per heavy atom. The van der Waals surface area contributed by atoms with Crippen molar-refractivity contribution in [1.29, 1.82) is 5.26 Å². The van der Waals surface area contributed by atoms with E-state index in [4.69, 9.17) is 5.73 Å². The zero-order chi connectivity index (χ0) is 16.7. The van der Waals surface area contributed by atoms with Crippen LogP contribution in [0.1, 0.15) is 5.56 Å². The number of nitriles is 1. The lowest BCUT2D eigenvalue weighted by molar-refractivity contribution is 0.629. The molecule has 4 rings (SSSR count). The molecule has 0 radical (unpaired) electrons. The quantitative estimate of drug-likeness (QED) is 0.589. The first-order chi connectivity index (χ1) is 11.7. The van der Waals surface area contributed by atoms with Crippen molar-refractivity contribution in [3.8, 4) is 6.07 Å². The minimum absolute atomic E-state index is 0.187. The number of halogens is 1. The Morgan fingerprint density at radius 3 is 2.62 bits per heavy atom. The average molecular weight is 317 g/mol. The lowest BCUT2D eigenvalue weighted by atomic mass is 10.1. The summed E-state index contributed by atoms with van der Waals surface area (Å²) in [6, 6.07) is 17.8. The SMILES string of the molecule is N#Cc1c(N)n2nc(Nc3ccccc3)cc2c2ccc(F)cc12. The molecule has 4 aromatic rings. The highest BCUT2D eigenvalue weighted by Crippen LogP contribution is 2.31. The number of rotatable bonds is 2. The minimum Gasteiger partial charge on any atom is -0.383 e. The standard InChI is InChI=1S/C18H12FN5/c19-11-6-7-13-14(8-11)15(10-20)18(21)24-16(13)9-17(23-24)22-12-4-2-1-3-5-12/h1-9H,21H2,(H,22,23). The van der Waals surface area contributed by atoms with Crippen LogP contribution in [0.25, 0.3) is 16.3 Å². The summed E-state index contributed by atoms with van der Waals surface area (Å²) < 4.78 is 15.1. The van der Waals surface area contributed by atoms with Gasteiger partial charge >= 0.3 is 0 Å². The Bertz CT molecular complexity index is 1110. The van der Waals surface area contributed by atoms with Crippen LogP contribution >= 0.6 is 0 Å². The third-order valence-corrected chi connectivity index (χ3v) is 3.88. The first kappa shape index (κ1) is 14.0.